The Kier molecular flexibility index (Phi) is 8.17. The Morgan fingerprint density at radius 1 is 0.328 bits per heavy atom. The van der Waals surface area contributed by atoms with Crippen molar-refractivity contribution in [3.8, 4) is 44.5 Å². The quantitative estimate of drug-likeness (QED) is 0.161. The lowest BCUT2D eigenvalue weighted by atomic mass is 9.93. The van der Waals surface area contributed by atoms with Gasteiger partial charge in [-0.15, -0.1) is 0 Å². The van der Waals surface area contributed by atoms with Crippen molar-refractivity contribution in [2.24, 2.45) is 0 Å². The molecule has 0 spiro atoms. The number of furan rings is 1. The van der Waals surface area contributed by atoms with E-state index in [0.29, 0.717) is 0 Å². The molecule has 0 aliphatic heterocycles. The summed E-state index contributed by atoms with van der Waals surface area (Å²) in [6.07, 6.45) is 2.17. The van der Waals surface area contributed by atoms with Crippen LogP contribution in [0.5, 0.6) is 0 Å². The molecule has 0 aliphatic carbocycles. The van der Waals surface area contributed by atoms with Crippen LogP contribution in [0.2, 0.25) is 0 Å². The zero-order valence-corrected chi connectivity index (χ0v) is 33.2. The number of benzene rings is 9. The van der Waals surface area contributed by atoms with Crippen LogP contribution in [0.4, 0.5) is 17.1 Å². The zero-order chi connectivity index (χ0) is 40.3. The van der Waals surface area contributed by atoms with E-state index in [1.165, 1.54) is 55.0 Å². The second-order valence-electron chi connectivity index (χ2n) is 15.7. The second kappa shape index (κ2) is 14.3. The maximum absolute atomic E-state index is 6.41. The molecular weight excluding hydrogens is 741 g/mol. The number of para-hydroxylation sites is 1. The molecule has 3 nitrogen and oxygen atoms in total. The molecule has 0 saturated carbocycles. The van der Waals surface area contributed by atoms with Crippen molar-refractivity contribution >= 4 is 66.2 Å². The number of fused-ring (bicyclic) bond motifs is 8. The molecule has 0 saturated heterocycles. The predicted molar refractivity (Wildman–Crippen MR) is 256 cm³/mol. The molecule has 12 aromatic rings. The summed E-state index contributed by atoms with van der Waals surface area (Å²) in [5.41, 5.74) is 16.9. The molecule has 0 unspecified atom stereocenters. The van der Waals surface area contributed by atoms with Crippen molar-refractivity contribution in [1.29, 1.82) is 0 Å². The van der Waals surface area contributed by atoms with E-state index in [1.54, 1.807) is 0 Å². The summed E-state index contributed by atoms with van der Waals surface area (Å²) in [6, 6.07) is 80.7. The van der Waals surface area contributed by atoms with Gasteiger partial charge in [0.2, 0.25) is 0 Å². The lowest BCUT2D eigenvalue weighted by Gasteiger charge is -2.26. The maximum Gasteiger partial charge on any atom is 0.137 e. The van der Waals surface area contributed by atoms with Gasteiger partial charge in [-0.3, -0.25) is 0 Å². The molecule has 0 N–H and O–H groups in total. The van der Waals surface area contributed by atoms with Crippen molar-refractivity contribution < 1.29 is 4.42 Å². The molecule has 61 heavy (non-hydrogen) atoms. The lowest BCUT2D eigenvalue weighted by Crippen LogP contribution is -2.10. The summed E-state index contributed by atoms with van der Waals surface area (Å²) in [5.74, 6) is 0. The fourth-order valence-corrected chi connectivity index (χ4v) is 9.37. The molecule has 3 aromatic heterocycles. The number of aromatic nitrogens is 1. The summed E-state index contributed by atoms with van der Waals surface area (Å²) >= 11 is 0. The van der Waals surface area contributed by atoms with E-state index in [4.69, 9.17) is 4.42 Å². The number of pyridine rings is 1. The Balaban J connectivity index is 0.952. The molecule has 0 radical (unpaired) electrons. The Hall–Kier alpha value is -8.14. The second-order valence-corrected chi connectivity index (χ2v) is 15.7. The number of hydrogen-bond acceptors (Lipinski definition) is 2. The minimum atomic E-state index is 0.866. The minimum absolute atomic E-state index is 0.866. The van der Waals surface area contributed by atoms with E-state index >= 15 is 0 Å². The lowest BCUT2D eigenvalue weighted by molar-refractivity contribution is 0.669. The molecule has 0 amide bonds. The van der Waals surface area contributed by atoms with Gasteiger partial charge in [0.15, 0.2) is 0 Å². The van der Waals surface area contributed by atoms with Gasteiger partial charge in [0, 0.05) is 51.0 Å². The van der Waals surface area contributed by atoms with Gasteiger partial charge < -0.3 is 13.7 Å². The minimum Gasteiger partial charge on any atom is -0.456 e. The first-order valence-electron chi connectivity index (χ1n) is 20.8. The average Bonchev–Trinajstić information content (AvgIpc) is 3.88. The topological polar surface area (TPSA) is 20.8 Å². The van der Waals surface area contributed by atoms with Crippen LogP contribution in [-0.2, 0) is 0 Å². The van der Waals surface area contributed by atoms with Crippen molar-refractivity contribution in [1.82, 2.24) is 4.40 Å². The first-order valence-corrected chi connectivity index (χ1v) is 20.8. The van der Waals surface area contributed by atoms with Gasteiger partial charge in [0.1, 0.15) is 11.2 Å². The van der Waals surface area contributed by atoms with Gasteiger partial charge in [-0.2, -0.15) is 0 Å². The normalized spacial score (nSPS) is 11.6. The first kappa shape index (κ1) is 34.9. The Labute approximate surface area is 353 Å². The highest BCUT2D eigenvalue weighted by molar-refractivity contribution is 6.20. The van der Waals surface area contributed by atoms with Gasteiger partial charge in [-0.1, -0.05) is 158 Å². The third-order valence-corrected chi connectivity index (χ3v) is 12.2. The molecule has 0 bridgehead atoms. The number of anilines is 3. The van der Waals surface area contributed by atoms with Crippen LogP contribution in [0.15, 0.2) is 235 Å². The third kappa shape index (κ3) is 5.90. The largest absolute Gasteiger partial charge is 0.456 e. The molecule has 0 aliphatic rings. The fraction of sp³-hybridized carbons (Fsp3) is 0. The average molecular weight is 779 g/mol. The van der Waals surface area contributed by atoms with Crippen LogP contribution in [0.1, 0.15) is 0 Å². The highest BCUT2D eigenvalue weighted by Crippen LogP contribution is 2.44. The van der Waals surface area contributed by atoms with Gasteiger partial charge in [0.25, 0.3) is 0 Å². The fourth-order valence-electron chi connectivity index (χ4n) is 9.37. The Morgan fingerprint density at radius 3 is 1.67 bits per heavy atom. The Morgan fingerprint density at radius 2 is 0.902 bits per heavy atom. The first-order chi connectivity index (χ1) is 30.2. The third-order valence-electron chi connectivity index (χ3n) is 12.2. The highest BCUT2D eigenvalue weighted by Gasteiger charge is 2.19. The predicted octanol–water partition coefficient (Wildman–Crippen LogP) is 16.3. The van der Waals surface area contributed by atoms with E-state index in [9.17, 15) is 0 Å². The van der Waals surface area contributed by atoms with Crippen LogP contribution < -0.4 is 4.90 Å². The van der Waals surface area contributed by atoms with Crippen molar-refractivity contribution in [2.75, 3.05) is 4.90 Å². The monoisotopic (exact) mass is 778 g/mol. The van der Waals surface area contributed by atoms with Crippen molar-refractivity contribution in [2.45, 2.75) is 0 Å². The SMILES string of the molecule is c1ccc(-c2cccc(N(c3cccc(-c4ccc(-c5cccc6c5ccc5c6c(-c6ccccc6)c6ccccn65)cc4)c3)c3ccc4c(c3)oc3ccccc34)c2)cc1. The van der Waals surface area contributed by atoms with Crippen LogP contribution in [0.25, 0.3) is 93.6 Å². The zero-order valence-electron chi connectivity index (χ0n) is 33.2. The summed E-state index contributed by atoms with van der Waals surface area (Å²) in [4.78, 5) is 2.34. The smallest absolute Gasteiger partial charge is 0.137 e. The van der Waals surface area contributed by atoms with E-state index in [0.717, 1.165) is 55.7 Å². The van der Waals surface area contributed by atoms with E-state index < -0.39 is 0 Å². The van der Waals surface area contributed by atoms with Crippen molar-refractivity contribution in [3.63, 3.8) is 0 Å². The van der Waals surface area contributed by atoms with E-state index in [-0.39, 0.29) is 0 Å². The van der Waals surface area contributed by atoms with Gasteiger partial charge in [-0.05, 0) is 110 Å². The number of hydrogen-bond donors (Lipinski definition) is 0. The molecule has 3 heteroatoms. The summed E-state index contributed by atoms with van der Waals surface area (Å²) < 4.78 is 8.73. The summed E-state index contributed by atoms with van der Waals surface area (Å²) in [7, 11) is 0. The van der Waals surface area contributed by atoms with Crippen LogP contribution in [0, 0.1) is 0 Å². The highest BCUT2D eigenvalue weighted by atomic mass is 16.3. The number of nitrogens with zero attached hydrogens (tertiary/aromatic N) is 2. The van der Waals surface area contributed by atoms with Crippen LogP contribution in [-0.4, -0.2) is 4.40 Å². The summed E-state index contributed by atoms with van der Waals surface area (Å²) in [5, 5.41) is 6.02. The van der Waals surface area contributed by atoms with Crippen LogP contribution in [0.3, 0.4) is 0 Å². The van der Waals surface area contributed by atoms with Gasteiger partial charge in [0.05, 0.1) is 11.0 Å². The molecule has 0 fully saturated rings. The van der Waals surface area contributed by atoms with E-state index in [2.05, 4.69) is 228 Å². The summed E-state index contributed by atoms with van der Waals surface area (Å²) in [6.45, 7) is 0. The maximum atomic E-state index is 6.41. The number of rotatable bonds is 7. The van der Waals surface area contributed by atoms with E-state index in [1.807, 2.05) is 12.1 Å². The molecule has 286 valence electrons. The van der Waals surface area contributed by atoms with Crippen molar-refractivity contribution in [3.05, 3.63) is 231 Å². The molecule has 0 atom stereocenters. The molecule has 9 aromatic carbocycles. The van der Waals surface area contributed by atoms with Gasteiger partial charge >= 0.3 is 0 Å². The van der Waals surface area contributed by atoms with Crippen LogP contribution >= 0.6 is 0 Å². The molecule has 12 rings (SSSR count). The molecular formula is C58H38N2O. The van der Waals surface area contributed by atoms with Gasteiger partial charge in [-0.25, -0.2) is 0 Å². The Bertz CT molecular complexity index is 3580. The standard InChI is InChI=1S/C58H38N2O/c1-3-14-39(15-4-1)43-18-11-20-45(36-43)60(47-31-32-51-50-22-7-8-26-55(50)61-56(51)38-47)46-21-12-19-44(37-46)40-27-29-41(30-28-40)48-23-13-24-52-49(48)33-34-54-58(52)57(42-16-5-2-6-17-42)53-25-9-10-35-59(53)54/h1-38H. The molecule has 3 heterocycles.